The van der Waals surface area contributed by atoms with E-state index < -0.39 is 21.2 Å². The Morgan fingerprint density at radius 2 is 1.90 bits per heavy atom. The number of nitrogens with zero attached hydrogens (tertiary/aromatic N) is 2. The first kappa shape index (κ1) is 21.1. The molecular formula is C23H25N3O4S. The fourth-order valence-electron chi connectivity index (χ4n) is 3.31. The summed E-state index contributed by atoms with van der Waals surface area (Å²) < 4.78 is 32.2. The average molecular weight is 440 g/mol. The maximum Gasteiger partial charge on any atom is 0.331 e. The molecule has 2 N–H and O–H groups in total. The van der Waals surface area contributed by atoms with Crippen molar-refractivity contribution in [3.8, 4) is 0 Å². The third-order valence-electron chi connectivity index (χ3n) is 5.30. The summed E-state index contributed by atoms with van der Waals surface area (Å²) in [6.45, 7) is 3.61. The Balaban J connectivity index is 1.83. The minimum atomic E-state index is -3.71. The lowest BCUT2D eigenvalue weighted by Crippen LogP contribution is -2.23. The number of rotatable bonds is 7. The van der Waals surface area contributed by atoms with Gasteiger partial charge in [0.25, 0.3) is 0 Å². The largest absolute Gasteiger partial charge is 0.462 e. The van der Waals surface area contributed by atoms with E-state index in [9.17, 15) is 13.2 Å². The van der Waals surface area contributed by atoms with Gasteiger partial charge >= 0.3 is 5.97 Å². The number of carbonyl (C=O) groups excluding carboxylic acids is 1. The second-order valence-corrected chi connectivity index (χ2v) is 10.4. The number of carbonyl (C=O) groups is 1. The van der Waals surface area contributed by atoms with Gasteiger partial charge in [-0.3, -0.25) is 0 Å². The highest BCUT2D eigenvalue weighted by Gasteiger charge is 2.25. The lowest BCUT2D eigenvalue weighted by molar-refractivity contribution is -0.138. The minimum Gasteiger partial charge on any atom is -0.462 e. The Bertz CT molecular complexity index is 1260. The van der Waals surface area contributed by atoms with Crippen LogP contribution in [0.25, 0.3) is 16.6 Å². The first-order chi connectivity index (χ1) is 14.8. The van der Waals surface area contributed by atoms with Crippen LogP contribution in [0.1, 0.15) is 37.8 Å². The standard InChI is InChI=1S/C23H25N3O4S/c1-15(2)31(28,29)26-21-12-18(10-11-20(21)25-23(26)24)19(17-6-4-3-5-7-17)13-22(27)30-14-16-8-9-16/h3-7,10-13,15-16H,8-9,14H2,1-2H3,(H2,24,25)/b19-13+. The lowest BCUT2D eigenvalue weighted by atomic mass is 9.97. The van der Waals surface area contributed by atoms with Crippen molar-refractivity contribution < 1.29 is 17.9 Å². The van der Waals surface area contributed by atoms with Crippen molar-refractivity contribution in [2.24, 2.45) is 5.92 Å². The highest BCUT2D eigenvalue weighted by atomic mass is 32.2. The molecule has 1 aliphatic rings. The fourth-order valence-corrected chi connectivity index (χ4v) is 4.46. The number of esters is 1. The summed E-state index contributed by atoms with van der Waals surface area (Å²) in [4.78, 5) is 16.7. The molecule has 8 heteroatoms. The van der Waals surface area contributed by atoms with Crippen LogP contribution in [0.4, 0.5) is 5.95 Å². The molecule has 2 aromatic carbocycles. The van der Waals surface area contributed by atoms with Crippen LogP contribution in [-0.2, 0) is 19.6 Å². The van der Waals surface area contributed by atoms with Crippen LogP contribution in [0.5, 0.6) is 0 Å². The molecule has 162 valence electrons. The van der Waals surface area contributed by atoms with Crippen LogP contribution in [0, 0.1) is 5.92 Å². The van der Waals surface area contributed by atoms with Gasteiger partial charge in [0.1, 0.15) is 0 Å². The highest BCUT2D eigenvalue weighted by molar-refractivity contribution is 7.90. The Kier molecular flexibility index (Phi) is 5.58. The number of hydrogen-bond acceptors (Lipinski definition) is 6. The van der Waals surface area contributed by atoms with E-state index in [0.717, 1.165) is 22.4 Å². The van der Waals surface area contributed by atoms with Crippen molar-refractivity contribution in [1.29, 1.82) is 0 Å². The van der Waals surface area contributed by atoms with Gasteiger partial charge < -0.3 is 10.5 Å². The molecule has 1 saturated carbocycles. The van der Waals surface area contributed by atoms with E-state index in [0.29, 0.717) is 34.7 Å². The van der Waals surface area contributed by atoms with Crippen molar-refractivity contribution in [2.75, 3.05) is 12.3 Å². The third kappa shape index (κ3) is 4.34. The quantitative estimate of drug-likeness (QED) is 0.446. The molecule has 0 amide bonds. The van der Waals surface area contributed by atoms with Crippen LogP contribution in [0.3, 0.4) is 0 Å². The van der Waals surface area contributed by atoms with E-state index in [1.54, 1.807) is 32.0 Å². The summed E-state index contributed by atoms with van der Waals surface area (Å²) in [5.74, 6) is -0.0453. The minimum absolute atomic E-state index is 0.0880. The summed E-state index contributed by atoms with van der Waals surface area (Å²) in [6.07, 6.45) is 3.64. The predicted molar refractivity (Wildman–Crippen MR) is 121 cm³/mol. The summed E-state index contributed by atoms with van der Waals surface area (Å²) in [5, 5.41) is -0.669. The van der Waals surface area contributed by atoms with Crippen LogP contribution < -0.4 is 5.73 Å². The highest BCUT2D eigenvalue weighted by Crippen LogP contribution is 2.31. The third-order valence-corrected chi connectivity index (χ3v) is 7.39. The molecule has 0 bridgehead atoms. The number of aromatic nitrogens is 2. The Hall–Kier alpha value is -3.13. The van der Waals surface area contributed by atoms with E-state index in [4.69, 9.17) is 10.5 Å². The molecule has 0 saturated heterocycles. The molecule has 1 aliphatic carbocycles. The maximum atomic E-state index is 12.9. The van der Waals surface area contributed by atoms with Crippen molar-refractivity contribution in [2.45, 2.75) is 31.9 Å². The van der Waals surface area contributed by atoms with Crippen LogP contribution >= 0.6 is 0 Å². The fraction of sp³-hybridized carbons (Fsp3) is 0.304. The number of fused-ring (bicyclic) bond motifs is 1. The Morgan fingerprint density at radius 1 is 1.19 bits per heavy atom. The summed E-state index contributed by atoms with van der Waals surface area (Å²) in [7, 11) is -3.71. The van der Waals surface area contributed by atoms with Gasteiger partial charge in [0, 0.05) is 6.08 Å². The van der Waals surface area contributed by atoms with Gasteiger partial charge in [-0.05, 0) is 61.4 Å². The predicted octanol–water partition coefficient (Wildman–Crippen LogP) is 3.59. The number of benzene rings is 2. The van der Waals surface area contributed by atoms with Crippen molar-refractivity contribution in [1.82, 2.24) is 8.96 Å². The zero-order valence-electron chi connectivity index (χ0n) is 17.5. The number of imidazole rings is 1. The van der Waals surface area contributed by atoms with Crippen LogP contribution in [0.2, 0.25) is 0 Å². The molecule has 4 rings (SSSR count). The van der Waals surface area contributed by atoms with Crippen molar-refractivity contribution >= 4 is 38.5 Å². The zero-order valence-corrected chi connectivity index (χ0v) is 18.3. The van der Waals surface area contributed by atoms with Gasteiger partial charge in [-0.25, -0.2) is 22.2 Å². The zero-order chi connectivity index (χ0) is 22.2. The smallest absolute Gasteiger partial charge is 0.331 e. The van der Waals surface area contributed by atoms with Crippen LogP contribution in [-0.4, -0.2) is 35.2 Å². The van der Waals surface area contributed by atoms with Gasteiger partial charge in [-0.2, -0.15) is 0 Å². The normalized spacial score (nSPS) is 14.9. The molecule has 31 heavy (non-hydrogen) atoms. The summed E-state index contributed by atoms with van der Waals surface area (Å²) in [6, 6.07) is 14.6. The van der Waals surface area contributed by atoms with E-state index in [-0.39, 0.29) is 5.95 Å². The first-order valence-electron chi connectivity index (χ1n) is 10.2. The number of hydrogen-bond donors (Lipinski definition) is 1. The van der Waals surface area contributed by atoms with Gasteiger partial charge in [-0.1, -0.05) is 36.4 Å². The van der Waals surface area contributed by atoms with E-state index in [2.05, 4.69) is 4.98 Å². The van der Waals surface area contributed by atoms with Gasteiger partial charge in [0.05, 0.1) is 22.9 Å². The number of nitrogens with two attached hydrogens (primary N) is 1. The summed E-state index contributed by atoms with van der Waals surface area (Å²) >= 11 is 0. The van der Waals surface area contributed by atoms with Gasteiger partial charge in [-0.15, -0.1) is 0 Å². The first-order valence-corrected chi connectivity index (χ1v) is 11.7. The van der Waals surface area contributed by atoms with Crippen molar-refractivity contribution in [3.63, 3.8) is 0 Å². The molecule has 0 atom stereocenters. The molecule has 0 spiro atoms. The molecule has 1 fully saturated rings. The van der Waals surface area contributed by atoms with E-state index in [1.807, 2.05) is 30.3 Å². The average Bonchev–Trinajstić information content (AvgIpc) is 3.51. The SMILES string of the molecule is CC(C)S(=O)(=O)n1c(N)nc2ccc(/C(=C/C(=O)OCC3CC3)c3ccccc3)cc21. The molecule has 1 heterocycles. The number of anilines is 1. The lowest BCUT2D eigenvalue weighted by Gasteiger charge is -2.13. The Labute approximate surface area is 181 Å². The molecular weight excluding hydrogens is 414 g/mol. The van der Waals surface area contributed by atoms with Gasteiger partial charge in [0.15, 0.2) is 0 Å². The topological polar surface area (TPSA) is 104 Å². The second-order valence-electron chi connectivity index (χ2n) is 8.03. The summed E-state index contributed by atoms with van der Waals surface area (Å²) in [5.41, 5.74) is 8.91. The monoisotopic (exact) mass is 439 g/mol. The molecule has 1 aromatic heterocycles. The van der Waals surface area contributed by atoms with E-state index >= 15 is 0 Å². The van der Waals surface area contributed by atoms with Gasteiger partial charge in [0.2, 0.25) is 16.0 Å². The molecule has 0 aliphatic heterocycles. The number of ether oxygens (including phenoxy) is 1. The molecule has 3 aromatic rings. The number of nitrogen functional groups attached to an aromatic ring is 1. The van der Waals surface area contributed by atoms with E-state index in [1.165, 1.54) is 6.08 Å². The van der Waals surface area contributed by atoms with Crippen molar-refractivity contribution in [3.05, 3.63) is 65.7 Å². The van der Waals surface area contributed by atoms with Crippen LogP contribution in [0.15, 0.2) is 54.6 Å². The molecule has 7 nitrogen and oxygen atoms in total. The Morgan fingerprint density at radius 3 is 2.55 bits per heavy atom. The molecule has 0 radical (unpaired) electrons. The maximum absolute atomic E-state index is 12.9. The molecule has 0 unspecified atom stereocenters. The second kappa shape index (κ2) is 8.19.